The van der Waals surface area contributed by atoms with E-state index >= 15 is 0 Å². The Balaban J connectivity index is 1.32. The minimum Gasteiger partial charge on any atom is -0.349 e. The molecule has 2 aromatic rings. The summed E-state index contributed by atoms with van der Waals surface area (Å²) in [5, 5.41) is 6.68. The third-order valence-corrected chi connectivity index (χ3v) is 9.07. The molecule has 3 aliphatic rings. The topological polar surface area (TPSA) is 32.3 Å². The Bertz CT molecular complexity index is 936. The average molecular weight is 461 g/mol. The molecule has 1 amide bonds. The quantitative estimate of drug-likeness (QED) is 0.531. The van der Waals surface area contributed by atoms with Crippen molar-refractivity contribution in [1.29, 1.82) is 0 Å². The number of nitrogens with zero attached hydrogens (tertiary/aromatic N) is 1. The van der Waals surface area contributed by atoms with Crippen molar-refractivity contribution < 1.29 is 13.6 Å². The first kappa shape index (κ1) is 22.3. The van der Waals surface area contributed by atoms with Crippen LogP contribution in [0.4, 0.5) is 8.78 Å². The molecule has 1 saturated carbocycles. The summed E-state index contributed by atoms with van der Waals surface area (Å²) in [7, 11) is 0. The van der Waals surface area contributed by atoms with Crippen LogP contribution in [0, 0.1) is 11.8 Å². The fourth-order valence-electron chi connectivity index (χ4n) is 6.36. The molecule has 3 atom stereocenters. The number of amides is 1. The lowest BCUT2D eigenvalue weighted by atomic mass is 9.86. The van der Waals surface area contributed by atoms with Gasteiger partial charge in [-0.2, -0.15) is 0 Å². The van der Waals surface area contributed by atoms with Crippen LogP contribution in [0.3, 0.4) is 0 Å². The van der Waals surface area contributed by atoms with E-state index in [1.807, 2.05) is 12.1 Å². The Hall–Kier alpha value is -1.53. The molecule has 3 nitrogen and oxygen atoms in total. The maximum absolute atomic E-state index is 13.6. The van der Waals surface area contributed by atoms with Crippen LogP contribution < -0.4 is 5.32 Å². The SMILES string of the molecule is CC1CC2CCC(C1)N2CC[C@H](NC(=O)C1CCC(F)(F)CC1)c1csc2ccccc12. The molecule has 0 radical (unpaired) electrons. The third kappa shape index (κ3) is 4.58. The van der Waals surface area contributed by atoms with Crippen LogP contribution in [0.5, 0.6) is 0 Å². The molecule has 3 fully saturated rings. The normalized spacial score (nSPS) is 29.3. The van der Waals surface area contributed by atoms with Crippen molar-refractivity contribution in [3.05, 3.63) is 35.2 Å². The highest BCUT2D eigenvalue weighted by molar-refractivity contribution is 7.17. The lowest BCUT2D eigenvalue weighted by Gasteiger charge is -2.38. The molecule has 5 rings (SSSR count). The van der Waals surface area contributed by atoms with Gasteiger partial charge in [0.25, 0.3) is 0 Å². The van der Waals surface area contributed by atoms with Gasteiger partial charge >= 0.3 is 0 Å². The van der Waals surface area contributed by atoms with Gasteiger partial charge in [0, 0.05) is 42.1 Å². The number of carbonyl (C=O) groups excluding carboxylic acids is 1. The van der Waals surface area contributed by atoms with E-state index in [4.69, 9.17) is 0 Å². The van der Waals surface area contributed by atoms with Crippen molar-refractivity contribution in [2.75, 3.05) is 6.54 Å². The third-order valence-electron chi connectivity index (χ3n) is 8.09. The van der Waals surface area contributed by atoms with Crippen LogP contribution in [0.25, 0.3) is 10.1 Å². The molecule has 2 bridgehead atoms. The Morgan fingerprint density at radius 2 is 1.84 bits per heavy atom. The Morgan fingerprint density at radius 3 is 2.56 bits per heavy atom. The molecule has 2 aliphatic heterocycles. The second-order valence-corrected chi connectivity index (χ2v) is 11.3. The van der Waals surface area contributed by atoms with E-state index in [2.05, 4.69) is 34.7 Å². The van der Waals surface area contributed by atoms with Gasteiger partial charge in [0.2, 0.25) is 11.8 Å². The van der Waals surface area contributed by atoms with Gasteiger partial charge in [0.15, 0.2) is 0 Å². The van der Waals surface area contributed by atoms with Crippen molar-refractivity contribution >= 4 is 27.3 Å². The molecule has 1 aliphatic carbocycles. The van der Waals surface area contributed by atoms with E-state index in [1.165, 1.54) is 41.3 Å². The maximum Gasteiger partial charge on any atom is 0.248 e. The number of benzene rings is 1. The number of nitrogens with one attached hydrogen (secondary N) is 1. The summed E-state index contributed by atoms with van der Waals surface area (Å²) in [5.74, 6) is -2.14. The number of hydrogen-bond acceptors (Lipinski definition) is 3. The number of rotatable bonds is 6. The van der Waals surface area contributed by atoms with Crippen LogP contribution in [-0.4, -0.2) is 35.4 Å². The predicted octanol–water partition coefficient (Wildman–Crippen LogP) is 6.54. The molecule has 2 saturated heterocycles. The lowest BCUT2D eigenvalue weighted by molar-refractivity contribution is -0.130. The van der Waals surface area contributed by atoms with Crippen molar-refractivity contribution in [2.24, 2.45) is 11.8 Å². The number of halogens is 2. The number of alkyl halides is 2. The molecule has 1 aromatic carbocycles. The number of carbonyl (C=O) groups is 1. The molecule has 1 aromatic heterocycles. The Kier molecular flexibility index (Phi) is 6.28. The second-order valence-electron chi connectivity index (χ2n) is 10.4. The van der Waals surface area contributed by atoms with Gasteiger partial charge in [0.05, 0.1) is 6.04 Å². The predicted molar refractivity (Wildman–Crippen MR) is 126 cm³/mol. The lowest BCUT2D eigenvalue weighted by Crippen LogP contribution is -2.44. The minimum atomic E-state index is -2.61. The van der Waals surface area contributed by atoms with Crippen LogP contribution in [-0.2, 0) is 4.79 Å². The first-order valence-electron chi connectivity index (χ1n) is 12.3. The van der Waals surface area contributed by atoms with Gasteiger partial charge in [0.1, 0.15) is 0 Å². The summed E-state index contributed by atoms with van der Waals surface area (Å²) in [5.41, 5.74) is 1.18. The van der Waals surface area contributed by atoms with Crippen LogP contribution in [0.15, 0.2) is 29.6 Å². The largest absolute Gasteiger partial charge is 0.349 e. The average Bonchev–Trinajstić information content (AvgIpc) is 3.29. The summed E-state index contributed by atoms with van der Waals surface area (Å²) in [6.07, 6.45) is 6.24. The summed E-state index contributed by atoms with van der Waals surface area (Å²) in [6.45, 7) is 3.36. The van der Waals surface area contributed by atoms with E-state index in [9.17, 15) is 13.6 Å². The van der Waals surface area contributed by atoms with Gasteiger partial charge in [-0.3, -0.25) is 9.69 Å². The van der Waals surface area contributed by atoms with Crippen LogP contribution >= 0.6 is 11.3 Å². The first-order valence-corrected chi connectivity index (χ1v) is 13.2. The van der Waals surface area contributed by atoms with Gasteiger partial charge < -0.3 is 5.32 Å². The monoisotopic (exact) mass is 460 g/mol. The number of fused-ring (bicyclic) bond motifs is 3. The molecular weight excluding hydrogens is 426 g/mol. The smallest absolute Gasteiger partial charge is 0.248 e. The summed E-state index contributed by atoms with van der Waals surface area (Å²) < 4.78 is 28.4. The van der Waals surface area contributed by atoms with Crippen LogP contribution in [0.2, 0.25) is 0 Å². The molecule has 3 heterocycles. The van der Waals surface area contributed by atoms with Crippen molar-refractivity contribution in [3.8, 4) is 0 Å². The standard InChI is InChI=1S/C26H34F2N2OS/c1-17-14-19-6-7-20(15-17)30(19)13-10-23(22-16-32-24-5-3-2-4-21(22)24)29-25(31)18-8-11-26(27,28)12-9-18/h2-5,16-20,23H,6-15H2,1H3,(H,29,31)/t17?,19?,20?,23-/m0/s1. The second kappa shape index (κ2) is 9.02. The van der Waals surface area contributed by atoms with Gasteiger partial charge in [-0.25, -0.2) is 8.78 Å². The summed E-state index contributed by atoms with van der Waals surface area (Å²) in [4.78, 5) is 15.8. The molecule has 32 heavy (non-hydrogen) atoms. The zero-order chi connectivity index (χ0) is 22.3. The van der Waals surface area contributed by atoms with Gasteiger partial charge in [-0.05, 0) is 73.3 Å². The van der Waals surface area contributed by atoms with E-state index in [0.717, 1.165) is 18.9 Å². The number of hydrogen-bond donors (Lipinski definition) is 1. The highest BCUT2D eigenvalue weighted by atomic mass is 32.1. The minimum absolute atomic E-state index is 0.0454. The summed E-state index contributed by atoms with van der Waals surface area (Å²) >= 11 is 1.72. The van der Waals surface area contributed by atoms with E-state index < -0.39 is 5.92 Å². The van der Waals surface area contributed by atoms with Crippen molar-refractivity contribution in [2.45, 2.75) is 88.8 Å². The highest BCUT2D eigenvalue weighted by Crippen LogP contribution is 2.40. The van der Waals surface area contributed by atoms with Gasteiger partial charge in [-0.1, -0.05) is 25.1 Å². The first-order chi connectivity index (χ1) is 15.4. The highest BCUT2D eigenvalue weighted by Gasteiger charge is 2.40. The Labute approximate surface area is 193 Å². The molecular formula is C26H34F2N2OS. The number of thiophene rings is 1. The molecule has 2 unspecified atom stereocenters. The zero-order valence-corrected chi connectivity index (χ0v) is 19.7. The molecule has 6 heteroatoms. The molecule has 1 N–H and O–H groups in total. The zero-order valence-electron chi connectivity index (χ0n) is 18.9. The van der Waals surface area contributed by atoms with E-state index in [1.54, 1.807) is 11.3 Å². The van der Waals surface area contributed by atoms with Gasteiger partial charge in [-0.15, -0.1) is 11.3 Å². The van der Waals surface area contributed by atoms with Crippen molar-refractivity contribution in [3.63, 3.8) is 0 Å². The Morgan fingerprint density at radius 1 is 1.16 bits per heavy atom. The van der Waals surface area contributed by atoms with Crippen molar-refractivity contribution in [1.82, 2.24) is 10.2 Å². The maximum atomic E-state index is 13.6. The van der Waals surface area contributed by atoms with E-state index in [-0.39, 0.29) is 43.6 Å². The fraction of sp³-hybridized carbons (Fsp3) is 0.654. The number of piperidine rings is 1. The molecule has 174 valence electrons. The summed E-state index contributed by atoms with van der Waals surface area (Å²) in [6, 6.07) is 9.64. The molecule has 0 spiro atoms. The van der Waals surface area contributed by atoms with E-state index in [0.29, 0.717) is 12.1 Å². The fourth-order valence-corrected chi connectivity index (χ4v) is 7.37. The van der Waals surface area contributed by atoms with Crippen LogP contribution in [0.1, 0.15) is 76.3 Å².